The molecule has 2 heterocycles. The average molecular weight is 315 g/mol. The van der Waals surface area contributed by atoms with E-state index in [1.807, 2.05) is 12.1 Å². The third-order valence-corrected chi connectivity index (χ3v) is 5.12. The third-order valence-electron chi connectivity index (χ3n) is 4.04. The Morgan fingerprint density at radius 1 is 1.18 bits per heavy atom. The Bertz CT molecular complexity index is 675. The number of carbonyl (C=O) groups excluding carboxylic acids is 1. The van der Waals surface area contributed by atoms with Gasteiger partial charge >= 0.3 is 0 Å². The molecule has 114 valence electrons. The minimum atomic E-state index is -0.217. The molecule has 2 fully saturated rings. The number of pyridine rings is 1. The molecule has 0 aliphatic heterocycles. The van der Waals surface area contributed by atoms with E-state index in [9.17, 15) is 4.79 Å². The second-order valence-corrected chi connectivity index (χ2v) is 6.89. The van der Waals surface area contributed by atoms with Gasteiger partial charge in [-0.1, -0.05) is 11.3 Å². The fourth-order valence-corrected chi connectivity index (χ4v) is 3.23. The number of amides is 1. The quantitative estimate of drug-likeness (QED) is 0.886. The van der Waals surface area contributed by atoms with Gasteiger partial charge in [-0.15, -0.1) is 10.2 Å². The van der Waals surface area contributed by atoms with Gasteiger partial charge in [-0.05, 0) is 44.2 Å². The van der Waals surface area contributed by atoms with E-state index in [2.05, 4.69) is 25.8 Å². The van der Waals surface area contributed by atoms with Crippen LogP contribution in [0.5, 0.6) is 0 Å². The Morgan fingerprint density at radius 3 is 2.68 bits per heavy atom. The molecule has 0 saturated heterocycles. The van der Waals surface area contributed by atoms with E-state index in [4.69, 9.17) is 0 Å². The summed E-state index contributed by atoms with van der Waals surface area (Å²) in [7, 11) is 0. The van der Waals surface area contributed by atoms with E-state index in [1.54, 1.807) is 6.20 Å². The van der Waals surface area contributed by atoms with E-state index in [0.717, 1.165) is 23.7 Å². The second kappa shape index (κ2) is 5.64. The zero-order chi connectivity index (χ0) is 14.9. The maximum Gasteiger partial charge on any atom is 0.286 e. The first kappa shape index (κ1) is 13.6. The molecule has 2 aliphatic rings. The Balaban J connectivity index is 1.37. The number of nitrogens with zero attached hydrogens (tertiary/aromatic N) is 3. The van der Waals surface area contributed by atoms with E-state index < -0.39 is 0 Å². The maximum absolute atomic E-state index is 12.1. The lowest BCUT2D eigenvalue weighted by molar-refractivity contribution is 0.102. The number of anilines is 2. The zero-order valence-corrected chi connectivity index (χ0v) is 12.9. The summed E-state index contributed by atoms with van der Waals surface area (Å²) in [6.45, 7) is 0. The number of hydrogen-bond donors (Lipinski definition) is 2. The second-order valence-electron chi connectivity index (χ2n) is 5.88. The van der Waals surface area contributed by atoms with Gasteiger partial charge < -0.3 is 10.6 Å². The first-order chi connectivity index (χ1) is 10.8. The monoisotopic (exact) mass is 315 g/mol. The summed E-state index contributed by atoms with van der Waals surface area (Å²) in [4.78, 5) is 16.5. The molecular formula is C15H17N5OS. The molecule has 0 radical (unpaired) electrons. The van der Waals surface area contributed by atoms with Crippen LogP contribution in [0.25, 0.3) is 0 Å². The molecule has 2 aromatic rings. The van der Waals surface area contributed by atoms with Crippen molar-refractivity contribution in [1.82, 2.24) is 15.2 Å². The Hall–Kier alpha value is -2.02. The summed E-state index contributed by atoms with van der Waals surface area (Å²) in [5.74, 6) is 1.16. The molecule has 0 atom stereocenters. The minimum Gasteiger partial charge on any atom is -0.367 e. The Morgan fingerprint density at radius 2 is 2.05 bits per heavy atom. The van der Waals surface area contributed by atoms with Crippen molar-refractivity contribution in [1.29, 1.82) is 0 Å². The summed E-state index contributed by atoms with van der Waals surface area (Å²) in [6.07, 6.45) is 7.70. The van der Waals surface area contributed by atoms with Gasteiger partial charge in [-0.2, -0.15) is 0 Å². The minimum absolute atomic E-state index is 0.217. The van der Waals surface area contributed by atoms with Crippen LogP contribution in [0.15, 0.2) is 18.3 Å². The molecule has 0 bridgehead atoms. The average Bonchev–Trinajstić information content (AvgIpc) is 3.22. The van der Waals surface area contributed by atoms with Gasteiger partial charge in [-0.25, -0.2) is 4.98 Å². The molecule has 22 heavy (non-hydrogen) atoms. The van der Waals surface area contributed by atoms with Crippen LogP contribution in [0.2, 0.25) is 0 Å². The molecule has 0 aromatic carbocycles. The van der Waals surface area contributed by atoms with Crippen LogP contribution < -0.4 is 10.6 Å². The number of nitrogens with one attached hydrogen (secondary N) is 2. The molecule has 1 amide bonds. The van der Waals surface area contributed by atoms with Crippen LogP contribution in [0.3, 0.4) is 0 Å². The first-order valence-electron chi connectivity index (χ1n) is 7.65. The van der Waals surface area contributed by atoms with Crippen LogP contribution in [-0.2, 0) is 0 Å². The fraction of sp³-hybridized carbons (Fsp3) is 0.467. The highest BCUT2D eigenvalue weighted by Gasteiger charge is 2.28. The topological polar surface area (TPSA) is 79.8 Å². The molecule has 0 unspecified atom stereocenters. The summed E-state index contributed by atoms with van der Waals surface area (Å²) < 4.78 is 0. The summed E-state index contributed by atoms with van der Waals surface area (Å²) >= 11 is 1.39. The van der Waals surface area contributed by atoms with Crippen LogP contribution in [0.1, 0.15) is 52.8 Å². The first-order valence-corrected chi connectivity index (χ1v) is 8.47. The third kappa shape index (κ3) is 2.94. The van der Waals surface area contributed by atoms with Gasteiger partial charge in [0.05, 0.1) is 11.9 Å². The van der Waals surface area contributed by atoms with Crippen molar-refractivity contribution < 1.29 is 4.79 Å². The normalized spacial score (nSPS) is 17.8. The summed E-state index contributed by atoms with van der Waals surface area (Å²) in [5, 5.41) is 15.6. The smallest absolute Gasteiger partial charge is 0.286 e. The van der Waals surface area contributed by atoms with Crippen molar-refractivity contribution in [2.45, 2.75) is 44.1 Å². The molecular weight excluding hydrogens is 298 g/mol. The Labute approximate surface area is 132 Å². The van der Waals surface area contributed by atoms with Gasteiger partial charge in [0.1, 0.15) is 10.8 Å². The maximum atomic E-state index is 12.1. The van der Waals surface area contributed by atoms with Crippen molar-refractivity contribution in [3.63, 3.8) is 0 Å². The fourth-order valence-electron chi connectivity index (χ4n) is 2.32. The van der Waals surface area contributed by atoms with Crippen molar-refractivity contribution in [2.24, 2.45) is 0 Å². The molecule has 7 heteroatoms. The predicted octanol–water partition coefficient (Wildman–Crippen LogP) is 3.03. The van der Waals surface area contributed by atoms with E-state index in [0.29, 0.717) is 22.7 Å². The summed E-state index contributed by atoms with van der Waals surface area (Å²) in [5.41, 5.74) is 0.673. The predicted molar refractivity (Wildman–Crippen MR) is 85.3 cm³/mol. The van der Waals surface area contributed by atoms with E-state index in [1.165, 1.54) is 30.6 Å². The molecule has 0 spiro atoms. The molecule has 4 rings (SSSR count). The highest BCUT2D eigenvalue weighted by Crippen LogP contribution is 2.41. The summed E-state index contributed by atoms with van der Waals surface area (Å²) in [6, 6.07) is 4.30. The highest BCUT2D eigenvalue weighted by molar-refractivity contribution is 7.13. The molecule has 6 nitrogen and oxygen atoms in total. The lowest BCUT2D eigenvalue weighted by Gasteiger charge is -2.26. The number of aromatic nitrogens is 3. The van der Waals surface area contributed by atoms with Crippen LogP contribution >= 0.6 is 11.3 Å². The standard InChI is InChI=1S/C15H17N5OS/c21-13(15-20-19-14(22-15)9-4-5-9)18-11-6-7-12(16-8-11)17-10-2-1-3-10/h6-10H,1-5H2,(H,16,17)(H,18,21). The van der Waals surface area contributed by atoms with Gasteiger partial charge in [0.25, 0.3) is 5.91 Å². The SMILES string of the molecule is O=C(Nc1ccc(NC2CCC2)nc1)c1nnc(C2CC2)s1. The zero-order valence-electron chi connectivity index (χ0n) is 12.1. The van der Waals surface area contributed by atoms with E-state index >= 15 is 0 Å². The van der Waals surface area contributed by atoms with Crippen LogP contribution in [-0.4, -0.2) is 27.1 Å². The van der Waals surface area contributed by atoms with Gasteiger partial charge in [0, 0.05) is 12.0 Å². The van der Waals surface area contributed by atoms with Gasteiger partial charge in [-0.3, -0.25) is 4.79 Å². The molecule has 2 saturated carbocycles. The number of carbonyl (C=O) groups is 1. The van der Waals surface area contributed by atoms with Crippen LogP contribution in [0.4, 0.5) is 11.5 Å². The van der Waals surface area contributed by atoms with Crippen molar-refractivity contribution in [3.8, 4) is 0 Å². The lowest BCUT2D eigenvalue weighted by Crippen LogP contribution is -2.27. The van der Waals surface area contributed by atoms with Crippen molar-refractivity contribution in [2.75, 3.05) is 10.6 Å². The largest absolute Gasteiger partial charge is 0.367 e. The van der Waals surface area contributed by atoms with Crippen LogP contribution in [0, 0.1) is 0 Å². The lowest BCUT2D eigenvalue weighted by atomic mass is 9.93. The number of hydrogen-bond acceptors (Lipinski definition) is 6. The molecule has 2 N–H and O–H groups in total. The molecule has 2 aliphatic carbocycles. The van der Waals surface area contributed by atoms with Crippen molar-refractivity contribution >= 4 is 28.7 Å². The van der Waals surface area contributed by atoms with Crippen molar-refractivity contribution in [3.05, 3.63) is 28.3 Å². The van der Waals surface area contributed by atoms with Gasteiger partial charge in [0.2, 0.25) is 5.01 Å². The number of rotatable bonds is 5. The highest BCUT2D eigenvalue weighted by atomic mass is 32.1. The molecule has 2 aromatic heterocycles. The van der Waals surface area contributed by atoms with Gasteiger partial charge in [0.15, 0.2) is 0 Å². The van der Waals surface area contributed by atoms with E-state index in [-0.39, 0.29) is 5.91 Å². The Kier molecular flexibility index (Phi) is 3.49.